The number of fused-ring (bicyclic) bond motifs is 6. The predicted molar refractivity (Wildman–Crippen MR) is 308 cm³/mol. The molecule has 4 amide bonds. The first-order chi connectivity index (χ1) is 39.1. The van der Waals surface area contributed by atoms with Gasteiger partial charge in [-0.3, -0.25) is 38.4 Å². The Labute approximate surface area is 532 Å². The van der Waals surface area contributed by atoms with E-state index in [-0.39, 0.29) is 112 Å². The topological polar surface area (TPSA) is 169 Å². The maximum Gasteiger partial charge on any atom is 0.267 e. The predicted octanol–water partition coefficient (Wildman–Crippen LogP) is 16.8. The van der Waals surface area contributed by atoms with Crippen molar-refractivity contribution in [2.45, 2.75) is 18.3 Å². The number of anilines is 2. The molecule has 0 radical (unpaired) electrons. The van der Waals surface area contributed by atoms with Crippen LogP contribution in [0.15, 0.2) is 72.2 Å². The Morgan fingerprint density at radius 1 is 0.373 bits per heavy atom. The number of nitrogens with zero attached hydrogens (tertiary/aromatic N) is 4. The summed E-state index contributed by atoms with van der Waals surface area (Å²) < 4.78 is 120. The van der Waals surface area contributed by atoms with Gasteiger partial charge in [0, 0.05) is 53.0 Å². The Balaban J connectivity index is 1.09. The summed E-state index contributed by atoms with van der Waals surface area (Å²) >= 11 is 41.2. The summed E-state index contributed by atoms with van der Waals surface area (Å²) in [7, 11) is 0. The molecule has 12 rings (SSSR count). The van der Waals surface area contributed by atoms with Crippen LogP contribution in [0.4, 0.5) is 46.5 Å². The molecule has 0 saturated carbocycles. The summed E-state index contributed by atoms with van der Waals surface area (Å²) in [6.45, 7) is 0. The summed E-state index contributed by atoms with van der Waals surface area (Å²) in [5, 5.41) is -1.16. The van der Waals surface area contributed by atoms with Crippen molar-refractivity contribution in [1.29, 1.82) is 0 Å². The van der Waals surface area contributed by atoms with E-state index < -0.39 is 145 Å². The second-order valence-corrected chi connectivity index (χ2v) is 25.6. The van der Waals surface area contributed by atoms with Crippen LogP contribution in [0.1, 0.15) is 117 Å². The van der Waals surface area contributed by atoms with E-state index in [1.54, 1.807) is 0 Å². The molecule has 2 aliphatic heterocycles. The van der Waals surface area contributed by atoms with Gasteiger partial charge in [-0.05, 0) is 175 Å². The fraction of sp³-hybridized carbons (Fsp3) is 0.0566. The zero-order valence-electron chi connectivity index (χ0n) is 39.2. The van der Waals surface area contributed by atoms with Crippen LogP contribution in [-0.2, 0) is 6.42 Å². The second-order valence-electron chi connectivity index (χ2n) is 18.4. The van der Waals surface area contributed by atoms with E-state index in [9.17, 15) is 36.7 Å². The third-order valence-electron chi connectivity index (χ3n) is 14.2. The summed E-state index contributed by atoms with van der Waals surface area (Å²) in [6, 6.07) is 6.60. The van der Waals surface area contributed by atoms with Gasteiger partial charge in [-0.2, -0.15) is 0 Å². The average Bonchev–Trinajstić information content (AvgIpc) is 2.28. The number of benzene rings is 6. The van der Waals surface area contributed by atoms with Crippen molar-refractivity contribution in [1.82, 2.24) is 9.97 Å². The minimum absolute atomic E-state index is 0.0879. The molecule has 6 aromatic carbocycles. The number of halogens is 18. The Kier molecular flexibility index (Phi) is 14.3. The molecular formula is C53H10Br8Cl2F8N4O8. The lowest BCUT2D eigenvalue weighted by atomic mass is 9.93. The van der Waals surface area contributed by atoms with Gasteiger partial charge in [0.1, 0.15) is 11.8 Å². The third kappa shape index (κ3) is 7.97. The Morgan fingerprint density at radius 3 is 0.880 bits per heavy atom. The van der Waals surface area contributed by atoms with Gasteiger partial charge in [0.25, 0.3) is 23.6 Å². The lowest BCUT2D eigenvalue weighted by Crippen LogP contribution is -2.32. The van der Waals surface area contributed by atoms with E-state index in [0.717, 1.165) is 24.3 Å². The number of rotatable bonds is 6. The zero-order chi connectivity index (χ0) is 60.1. The van der Waals surface area contributed by atoms with Gasteiger partial charge in [0.15, 0.2) is 69.7 Å². The molecule has 30 heteroatoms. The Hall–Kier alpha value is -5.04. The molecule has 8 aromatic rings. The number of aromatic nitrogens is 2. The highest BCUT2D eigenvalue weighted by Crippen LogP contribution is 2.52. The molecule has 4 heterocycles. The standard InChI is InChI=1S/C53H10Br8Cl2F8N4O8/c54-26-18-19(27(55)31(59)30(26)58)51(81)74(50(18)80)44-8(6-12(62)42-10(44)1-3-14(72-42)16-46(76)22-23(47(16)77)35(65)39(69)38(68)34(22)64)5-9-7-13(63)43-11(45(9)75-52(82)20-21(53(75)83)29(57)33(61)32(60)28(20)56)2-4-15(73-43)17-48(78)24-25(49(17)79)37(67)41(71)40(70)36(24)66/h1-4,6-7,16-17H,5H2. The van der Waals surface area contributed by atoms with E-state index in [4.69, 9.17) is 23.2 Å². The number of hydrogen-bond acceptors (Lipinski definition) is 10. The summed E-state index contributed by atoms with van der Waals surface area (Å²) in [5.41, 5.74) is -9.04. The molecule has 0 saturated heterocycles. The molecule has 0 unspecified atom stereocenters. The Bertz CT molecular complexity index is 4230. The van der Waals surface area contributed by atoms with Crippen molar-refractivity contribution in [3.63, 3.8) is 0 Å². The fourth-order valence-electron chi connectivity index (χ4n) is 10.6. The number of hydrogen-bond donors (Lipinski definition) is 0. The molecule has 416 valence electrons. The van der Waals surface area contributed by atoms with Crippen LogP contribution < -0.4 is 9.80 Å². The number of carbonyl (C=O) groups excluding carboxylic acids is 8. The van der Waals surface area contributed by atoms with Crippen LogP contribution in [0, 0.1) is 46.5 Å². The van der Waals surface area contributed by atoms with E-state index in [2.05, 4.69) is 137 Å². The number of carbonyl (C=O) groups is 8. The van der Waals surface area contributed by atoms with Crippen LogP contribution in [0.5, 0.6) is 0 Å². The van der Waals surface area contributed by atoms with Crippen LogP contribution in [-0.4, -0.2) is 56.7 Å². The van der Waals surface area contributed by atoms with Crippen molar-refractivity contribution < 1.29 is 73.5 Å². The van der Waals surface area contributed by atoms with Gasteiger partial charge in [0.2, 0.25) is 0 Å². The first kappa shape index (κ1) is 58.3. The van der Waals surface area contributed by atoms with E-state index >= 15 is 36.7 Å². The smallest absolute Gasteiger partial charge is 0.267 e. The van der Waals surface area contributed by atoms with Gasteiger partial charge in [-0.25, -0.2) is 54.9 Å². The largest absolute Gasteiger partial charge is 0.293 e. The number of ketones is 4. The highest BCUT2D eigenvalue weighted by Gasteiger charge is 2.51. The maximum atomic E-state index is 15.1. The number of imide groups is 2. The minimum atomic E-state index is -2.36. The number of amides is 4. The summed E-state index contributed by atoms with van der Waals surface area (Å²) in [6.07, 6.45) is -0.610. The molecule has 0 bridgehead atoms. The second kappa shape index (κ2) is 20.3. The van der Waals surface area contributed by atoms with E-state index in [0.29, 0.717) is 9.80 Å². The molecule has 2 aliphatic carbocycles. The molecule has 0 N–H and O–H groups in total. The maximum absolute atomic E-state index is 15.1. The van der Waals surface area contributed by atoms with Crippen molar-refractivity contribution in [2.75, 3.05) is 9.80 Å². The molecule has 4 aliphatic rings. The molecule has 83 heavy (non-hydrogen) atoms. The highest BCUT2D eigenvalue weighted by molar-refractivity contribution is 9.15. The highest BCUT2D eigenvalue weighted by atomic mass is 79.9. The molecule has 0 fully saturated rings. The summed E-state index contributed by atoms with van der Waals surface area (Å²) in [4.78, 5) is 125. The van der Waals surface area contributed by atoms with Crippen molar-refractivity contribution in [2.24, 2.45) is 0 Å². The van der Waals surface area contributed by atoms with Crippen LogP contribution in [0.2, 0.25) is 10.0 Å². The Morgan fingerprint density at radius 2 is 0.627 bits per heavy atom. The number of pyridine rings is 2. The van der Waals surface area contributed by atoms with Crippen LogP contribution in [0.25, 0.3) is 21.8 Å². The first-order valence-corrected chi connectivity index (χ1v) is 29.8. The fourth-order valence-corrected chi connectivity index (χ4v) is 16.1. The van der Waals surface area contributed by atoms with E-state index in [1.165, 1.54) is 12.1 Å². The third-order valence-corrected chi connectivity index (χ3v) is 24.3. The molecular weight excluding hydrogens is 1680 g/mol. The molecule has 12 nitrogen and oxygen atoms in total. The summed E-state index contributed by atoms with van der Waals surface area (Å²) in [5.74, 6) is -32.3. The minimum Gasteiger partial charge on any atom is -0.293 e. The first-order valence-electron chi connectivity index (χ1n) is 22.7. The lowest BCUT2D eigenvalue weighted by Gasteiger charge is -2.25. The average molecular weight is 1690 g/mol. The SMILES string of the molecule is O=C1c2c(F)c(F)c(F)c(F)c2C(=O)C1c1ccc2c(N3C(=O)c4c(Br)c(Br)c(Br)c(Br)c4C3=O)c(Cc3cc(Cl)c4nc(C5C(=O)c6c(F)c(F)c(F)c(F)c6C5=O)ccc4c3N3C(=O)c4c(Br)c(Br)c(Br)c(Br)c4C3=O)cc(Cl)c2n1. The van der Waals surface area contributed by atoms with Crippen molar-refractivity contribution in [3.05, 3.63) is 196 Å². The number of Topliss-reactive ketones (excluding diaryl/α,β-unsaturated/α-hetero) is 4. The van der Waals surface area contributed by atoms with Crippen molar-refractivity contribution >= 4 is 231 Å². The van der Waals surface area contributed by atoms with E-state index in [1.807, 2.05) is 0 Å². The normalized spacial score (nSPS) is 15.2. The van der Waals surface area contributed by atoms with Gasteiger partial charge >= 0.3 is 0 Å². The molecule has 0 atom stereocenters. The quantitative estimate of drug-likeness (QED) is 0.0513. The van der Waals surface area contributed by atoms with Crippen LogP contribution >= 0.6 is 151 Å². The van der Waals surface area contributed by atoms with Crippen molar-refractivity contribution in [3.8, 4) is 0 Å². The van der Waals surface area contributed by atoms with Crippen LogP contribution in [0.3, 0.4) is 0 Å². The molecule has 2 aromatic heterocycles. The monoisotopic (exact) mass is 1680 g/mol. The lowest BCUT2D eigenvalue weighted by molar-refractivity contribution is 0.0869. The van der Waals surface area contributed by atoms with Gasteiger partial charge in [0.05, 0.1) is 88.3 Å². The van der Waals surface area contributed by atoms with Gasteiger partial charge in [-0.1, -0.05) is 23.2 Å². The zero-order valence-corrected chi connectivity index (χ0v) is 53.4. The van der Waals surface area contributed by atoms with Gasteiger partial charge in [-0.15, -0.1) is 0 Å². The molecule has 0 spiro atoms. The van der Waals surface area contributed by atoms with Gasteiger partial charge < -0.3 is 0 Å².